The Morgan fingerprint density at radius 2 is 2.11 bits per heavy atom. The summed E-state index contributed by atoms with van der Waals surface area (Å²) in [7, 11) is 0. The monoisotopic (exact) mass is 381 g/mol. The molecule has 3 unspecified atom stereocenters. The number of carbonyl (C=O) groups excluding carboxylic acids is 1. The van der Waals surface area contributed by atoms with Gasteiger partial charge < -0.3 is 4.90 Å². The fraction of sp³-hybridized carbons (Fsp3) is 0.545. The Labute approximate surface area is 167 Å². The van der Waals surface area contributed by atoms with E-state index < -0.39 is 0 Å². The number of rotatable bonds is 5. The quantitative estimate of drug-likeness (QED) is 0.836. The average molecular weight is 382 g/mol. The van der Waals surface area contributed by atoms with E-state index in [-0.39, 0.29) is 5.91 Å². The number of hydrogen-bond acceptors (Lipinski definition) is 4. The number of benzene rings is 1. The molecule has 0 saturated carbocycles. The highest BCUT2D eigenvalue weighted by molar-refractivity contribution is 5.95. The second kappa shape index (κ2) is 8.45. The van der Waals surface area contributed by atoms with Crippen LogP contribution in [0.4, 0.5) is 0 Å². The maximum absolute atomic E-state index is 13.2. The molecule has 1 aromatic heterocycles. The molecule has 1 aromatic carbocycles. The van der Waals surface area contributed by atoms with Crippen LogP contribution >= 0.6 is 0 Å². The number of amides is 1. The summed E-state index contributed by atoms with van der Waals surface area (Å²) in [5.74, 6) is 1.02. The molecule has 2 aliphatic heterocycles. The minimum absolute atomic E-state index is 0.131. The van der Waals surface area contributed by atoms with Gasteiger partial charge in [-0.3, -0.25) is 20.3 Å². The normalized spacial score (nSPS) is 25.2. The number of hydrazine groups is 1. The first kappa shape index (κ1) is 19.2. The van der Waals surface area contributed by atoms with Crippen LogP contribution in [0.5, 0.6) is 0 Å². The van der Waals surface area contributed by atoms with E-state index in [0.29, 0.717) is 17.9 Å². The number of aromatic nitrogens is 2. The van der Waals surface area contributed by atoms with Crippen LogP contribution in [-0.2, 0) is 6.54 Å². The minimum Gasteiger partial charge on any atom is -0.338 e. The summed E-state index contributed by atoms with van der Waals surface area (Å²) in [4.78, 5) is 15.2. The van der Waals surface area contributed by atoms with E-state index in [9.17, 15) is 4.79 Å². The zero-order chi connectivity index (χ0) is 19.5. The molecule has 150 valence electrons. The Hall–Kier alpha value is -2.18. The van der Waals surface area contributed by atoms with Crippen LogP contribution < -0.4 is 10.9 Å². The summed E-state index contributed by atoms with van der Waals surface area (Å²) < 4.78 is 1.90. The molecule has 28 heavy (non-hydrogen) atoms. The lowest BCUT2D eigenvalue weighted by Crippen LogP contribution is -2.48. The Morgan fingerprint density at radius 3 is 2.89 bits per heavy atom. The molecule has 2 N–H and O–H groups in total. The van der Waals surface area contributed by atoms with Crippen molar-refractivity contribution in [1.82, 2.24) is 25.5 Å². The standard InChI is InChI=1S/C22H31N5O/c1-3-11-27-15-20(16(2)25-27)22(28)26-12-7-10-18(14-26)21-19(13-23-24-21)17-8-5-4-6-9-17/h4-6,8-9,15,18-19,21,23-24H,3,7,10-14H2,1-2H3. The van der Waals surface area contributed by atoms with Crippen molar-refractivity contribution in [2.24, 2.45) is 5.92 Å². The van der Waals surface area contributed by atoms with Gasteiger partial charge in [0.15, 0.2) is 0 Å². The molecule has 0 spiro atoms. The molecule has 2 saturated heterocycles. The third-order valence-corrected chi connectivity index (χ3v) is 6.13. The van der Waals surface area contributed by atoms with Crippen molar-refractivity contribution >= 4 is 5.91 Å². The first-order valence-corrected chi connectivity index (χ1v) is 10.5. The lowest BCUT2D eigenvalue weighted by molar-refractivity contribution is 0.0643. The van der Waals surface area contributed by atoms with Gasteiger partial charge in [0.05, 0.1) is 11.3 Å². The van der Waals surface area contributed by atoms with Gasteiger partial charge in [0.25, 0.3) is 5.91 Å². The van der Waals surface area contributed by atoms with Crippen LogP contribution in [0.2, 0.25) is 0 Å². The molecular formula is C22H31N5O. The third kappa shape index (κ3) is 3.84. The molecule has 0 bridgehead atoms. The second-order valence-corrected chi connectivity index (χ2v) is 8.11. The summed E-state index contributed by atoms with van der Waals surface area (Å²) in [6, 6.07) is 11.1. The minimum atomic E-state index is 0.131. The van der Waals surface area contributed by atoms with Crippen molar-refractivity contribution in [3.05, 3.63) is 53.3 Å². The van der Waals surface area contributed by atoms with Crippen LogP contribution in [-0.4, -0.2) is 46.3 Å². The molecule has 1 amide bonds. The van der Waals surface area contributed by atoms with E-state index >= 15 is 0 Å². The molecule has 2 fully saturated rings. The average Bonchev–Trinajstić information content (AvgIpc) is 3.35. The van der Waals surface area contributed by atoms with Gasteiger partial charge in [-0.05, 0) is 37.7 Å². The van der Waals surface area contributed by atoms with Gasteiger partial charge in [0.2, 0.25) is 0 Å². The molecule has 0 aliphatic carbocycles. The van der Waals surface area contributed by atoms with E-state index in [0.717, 1.165) is 56.7 Å². The second-order valence-electron chi connectivity index (χ2n) is 8.11. The highest BCUT2D eigenvalue weighted by Gasteiger charge is 2.38. The Kier molecular flexibility index (Phi) is 5.78. The van der Waals surface area contributed by atoms with Crippen LogP contribution in [0, 0.1) is 12.8 Å². The van der Waals surface area contributed by atoms with Gasteiger partial charge in [-0.15, -0.1) is 0 Å². The van der Waals surface area contributed by atoms with Crippen molar-refractivity contribution in [2.45, 2.75) is 51.6 Å². The number of nitrogens with zero attached hydrogens (tertiary/aromatic N) is 3. The number of carbonyl (C=O) groups is 1. The Balaban J connectivity index is 1.47. The Bertz CT molecular complexity index is 803. The lowest BCUT2D eigenvalue weighted by atomic mass is 9.81. The van der Waals surface area contributed by atoms with Crippen LogP contribution in [0.15, 0.2) is 36.5 Å². The van der Waals surface area contributed by atoms with Crippen molar-refractivity contribution < 1.29 is 4.79 Å². The number of piperidine rings is 1. The van der Waals surface area contributed by atoms with Crippen molar-refractivity contribution in [2.75, 3.05) is 19.6 Å². The van der Waals surface area contributed by atoms with Gasteiger partial charge in [-0.2, -0.15) is 5.10 Å². The molecule has 6 nitrogen and oxygen atoms in total. The summed E-state index contributed by atoms with van der Waals surface area (Å²) >= 11 is 0. The molecule has 3 heterocycles. The summed E-state index contributed by atoms with van der Waals surface area (Å²) in [5.41, 5.74) is 9.81. The third-order valence-electron chi connectivity index (χ3n) is 6.13. The molecule has 2 aromatic rings. The van der Waals surface area contributed by atoms with Gasteiger partial charge in [0, 0.05) is 44.3 Å². The molecule has 2 aliphatic rings. The first-order chi connectivity index (χ1) is 13.7. The van der Waals surface area contributed by atoms with Crippen molar-refractivity contribution in [1.29, 1.82) is 0 Å². The van der Waals surface area contributed by atoms with Gasteiger partial charge in [0.1, 0.15) is 0 Å². The van der Waals surface area contributed by atoms with Crippen molar-refractivity contribution in [3.63, 3.8) is 0 Å². The topological polar surface area (TPSA) is 62.2 Å². The summed E-state index contributed by atoms with van der Waals surface area (Å²) in [6.07, 6.45) is 5.15. The molecule has 6 heteroatoms. The first-order valence-electron chi connectivity index (χ1n) is 10.5. The molecular weight excluding hydrogens is 350 g/mol. The van der Waals surface area contributed by atoms with E-state index in [1.54, 1.807) is 0 Å². The molecule has 0 radical (unpaired) electrons. The van der Waals surface area contributed by atoms with Crippen LogP contribution in [0.1, 0.15) is 53.7 Å². The maximum atomic E-state index is 13.2. The SMILES string of the molecule is CCCn1cc(C(=O)N2CCCC(C3NNCC3c3ccccc3)C2)c(C)n1. The maximum Gasteiger partial charge on any atom is 0.257 e. The summed E-state index contributed by atoms with van der Waals surface area (Å²) in [6.45, 7) is 7.49. The fourth-order valence-electron chi connectivity index (χ4n) is 4.72. The number of aryl methyl sites for hydroxylation is 2. The van der Waals surface area contributed by atoms with Crippen LogP contribution in [0.3, 0.4) is 0 Å². The largest absolute Gasteiger partial charge is 0.338 e. The van der Waals surface area contributed by atoms with Gasteiger partial charge in [-0.25, -0.2) is 0 Å². The highest BCUT2D eigenvalue weighted by Crippen LogP contribution is 2.32. The smallest absolute Gasteiger partial charge is 0.257 e. The van der Waals surface area contributed by atoms with Crippen LogP contribution in [0.25, 0.3) is 0 Å². The van der Waals surface area contributed by atoms with E-state index in [2.05, 4.69) is 53.2 Å². The van der Waals surface area contributed by atoms with E-state index in [1.807, 2.05) is 22.7 Å². The van der Waals surface area contributed by atoms with Gasteiger partial charge >= 0.3 is 0 Å². The number of nitrogens with one attached hydrogen (secondary N) is 2. The zero-order valence-corrected chi connectivity index (χ0v) is 16.9. The number of likely N-dealkylation sites (tertiary alicyclic amines) is 1. The predicted molar refractivity (Wildman–Crippen MR) is 110 cm³/mol. The predicted octanol–water partition coefficient (Wildman–Crippen LogP) is 2.71. The van der Waals surface area contributed by atoms with E-state index in [1.165, 1.54) is 5.56 Å². The van der Waals surface area contributed by atoms with Crippen molar-refractivity contribution in [3.8, 4) is 0 Å². The lowest BCUT2D eigenvalue weighted by Gasteiger charge is -2.37. The number of hydrogen-bond donors (Lipinski definition) is 2. The molecule has 3 atom stereocenters. The fourth-order valence-corrected chi connectivity index (χ4v) is 4.72. The zero-order valence-electron chi connectivity index (χ0n) is 16.9. The van der Waals surface area contributed by atoms with Gasteiger partial charge in [-0.1, -0.05) is 37.3 Å². The summed E-state index contributed by atoms with van der Waals surface area (Å²) in [5, 5.41) is 4.51. The Morgan fingerprint density at radius 1 is 1.29 bits per heavy atom. The van der Waals surface area contributed by atoms with E-state index in [4.69, 9.17) is 0 Å². The highest BCUT2D eigenvalue weighted by atomic mass is 16.2. The molecule has 4 rings (SSSR count).